The highest BCUT2D eigenvalue weighted by molar-refractivity contribution is 5.90. The standard InChI is InChI=1S/C16H16/c1-2-3-4-5-9-14-11-8-12-15-10-6-7-13-16(14)15/h2,5-13H,1,3-4H2/b9-5+. The van der Waals surface area contributed by atoms with Crippen molar-refractivity contribution >= 4 is 16.8 Å². The largest absolute Gasteiger partial charge is 0.103 e. The SMILES string of the molecule is C=CCC/C=C/c1cccc2ccccc12. The number of hydrogen-bond acceptors (Lipinski definition) is 0. The Morgan fingerprint density at radius 1 is 0.938 bits per heavy atom. The van der Waals surface area contributed by atoms with E-state index in [0.29, 0.717) is 0 Å². The predicted octanol–water partition coefficient (Wildman–Crippen LogP) is 4.82. The number of unbranched alkanes of at least 4 members (excludes halogenated alkanes) is 1. The summed E-state index contributed by atoms with van der Waals surface area (Å²) in [6, 6.07) is 14.9. The Morgan fingerprint density at radius 2 is 1.75 bits per heavy atom. The van der Waals surface area contributed by atoms with E-state index in [0.717, 1.165) is 12.8 Å². The van der Waals surface area contributed by atoms with Gasteiger partial charge in [0.15, 0.2) is 0 Å². The lowest BCUT2D eigenvalue weighted by Crippen LogP contribution is -1.77. The first-order chi connectivity index (χ1) is 7.92. The van der Waals surface area contributed by atoms with E-state index in [1.807, 2.05) is 6.08 Å². The van der Waals surface area contributed by atoms with E-state index in [-0.39, 0.29) is 0 Å². The molecule has 80 valence electrons. The third kappa shape index (κ3) is 2.40. The quantitative estimate of drug-likeness (QED) is 0.499. The highest BCUT2D eigenvalue weighted by Gasteiger charge is 1.95. The number of fused-ring (bicyclic) bond motifs is 1. The molecule has 0 N–H and O–H groups in total. The van der Waals surface area contributed by atoms with Gasteiger partial charge in [0.05, 0.1) is 0 Å². The van der Waals surface area contributed by atoms with Gasteiger partial charge in [-0.25, -0.2) is 0 Å². The van der Waals surface area contributed by atoms with Crippen LogP contribution in [0.5, 0.6) is 0 Å². The van der Waals surface area contributed by atoms with Gasteiger partial charge in [0.25, 0.3) is 0 Å². The lowest BCUT2D eigenvalue weighted by Gasteiger charge is -2.01. The molecule has 0 radical (unpaired) electrons. The fraction of sp³-hybridized carbons (Fsp3) is 0.125. The normalized spacial score (nSPS) is 11.0. The van der Waals surface area contributed by atoms with Crippen LogP contribution in [0.4, 0.5) is 0 Å². The van der Waals surface area contributed by atoms with Gasteiger partial charge < -0.3 is 0 Å². The maximum Gasteiger partial charge on any atom is -0.0112 e. The Labute approximate surface area is 96.9 Å². The Bertz CT molecular complexity index is 501. The molecule has 0 heterocycles. The lowest BCUT2D eigenvalue weighted by molar-refractivity contribution is 1.06. The first-order valence-corrected chi connectivity index (χ1v) is 5.67. The average molecular weight is 208 g/mol. The topological polar surface area (TPSA) is 0 Å². The summed E-state index contributed by atoms with van der Waals surface area (Å²) in [4.78, 5) is 0. The highest BCUT2D eigenvalue weighted by atomic mass is 14.0. The molecule has 0 aliphatic heterocycles. The van der Waals surface area contributed by atoms with Crippen molar-refractivity contribution in [3.8, 4) is 0 Å². The summed E-state index contributed by atoms with van der Waals surface area (Å²) in [6.07, 6.45) is 8.47. The summed E-state index contributed by atoms with van der Waals surface area (Å²) in [5.41, 5.74) is 1.29. The Kier molecular flexibility index (Phi) is 3.55. The molecule has 0 amide bonds. The molecule has 0 bridgehead atoms. The van der Waals surface area contributed by atoms with Crippen LogP contribution >= 0.6 is 0 Å². The van der Waals surface area contributed by atoms with E-state index in [4.69, 9.17) is 0 Å². The lowest BCUT2D eigenvalue weighted by atomic mass is 10.0. The second kappa shape index (κ2) is 5.32. The monoisotopic (exact) mass is 208 g/mol. The molecule has 0 aliphatic carbocycles. The highest BCUT2D eigenvalue weighted by Crippen LogP contribution is 2.19. The number of benzene rings is 2. The van der Waals surface area contributed by atoms with Crippen LogP contribution in [0.1, 0.15) is 18.4 Å². The molecule has 2 aromatic rings. The van der Waals surface area contributed by atoms with E-state index in [9.17, 15) is 0 Å². The van der Waals surface area contributed by atoms with E-state index in [2.05, 4.69) is 61.2 Å². The van der Waals surface area contributed by atoms with Crippen molar-refractivity contribution in [1.82, 2.24) is 0 Å². The van der Waals surface area contributed by atoms with Gasteiger partial charge >= 0.3 is 0 Å². The molecular weight excluding hydrogens is 192 g/mol. The summed E-state index contributed by atoms with van der Waals surface area (Å²) in [5.74, 6) is 0. The Hall–Kier alpha value is -1.82. The first kappa shape index (κ1) is 10.7. The minimum Gasteiger partial charge on any atom is -0.103 e. The average Bonchev–Trinajstić information content (AvgIpc) is 2.35. The molecule has 0 spiro atoms. The molecule has 16 heavy (non-hydrogen) atoms. The molecule has 0 fully saturated rings. The van der Waals surface area contributed by atoms with Crippen LogP contribution < -0.4 is 0 Å². The summed E-state index contributed by atoms with van der Waals surface area (Å²) >= 11 is 0. The van der Waals surface area contributed by atoms with Crippen molar-refractivity contribution in [2.45, 2.75) is 12.8 Å². The van der Waals surface area contributed by atoms with Crippen molar-refractivity contribution in [2.24, 2.45) is 0 Å². The molecule has 0 aliphatic rings. The van der Waals surface area contributed by atoms with Gasteiger partial charge in [0.2, 0.25) is 0 Å². The van der Waals surface area contributed by atoms with Gasteiger partial charge in [-0.15, -0.1) is 6.58 Å². The minimum absolute atomic E-state index is 1.04. The molecule has 2 rings (SSSR count). The van der Waals surface area contributed by atoms with E-state index < -0.39 is 0 Å². The fourth-order valence-corrected chi connectivity index (χ4v) is 1.82. The van der Waals surface area contributed by atoms with Gasteiger partial charge in [0, 0.05) is 0 Å². The molecule has 0 saturated carbocycles. The van der Waals surface area contributed by atoms with Gasteiger partial charge in [0.1, 0.15) is 0 Å². The molecular formula is C16H16. The third-order valence-electron chi connectivity index (χ3n) is 2.66. The van der Waals surface area contributed by atoms with Crippen molar-refractivity contribution in [2.75, 3.05) is 0 Å². The number of rotatable bonds is 4. The summed E-state index contributed by atoms with van der Waals surface area (Å²) in [7, 11) is 0. The fourth-order valence-electron chi connectivity index (χ4n) is 1.82. The van der Waals surface area contributed by atoms with Gasteiger partial charge in [-0.3, -0.25) is 0 Å². The minimum atomic E-state index is 1.04. The molecule has 2 aromatic carbocycles. The number of hydrogen-bond donors (Lipinski definition) is 0. The van der Waals surface area contributed by atoms with Crippen molar-refractivity contribution in [1.29, 1.82) is 0 Å². The number of allylic oxidation sites excluding steroid dienone is 2. The van der Waals surface area contributed by atoms with Crippen molar-refractivity contribution in [3.63, 3.8) is 0 Å². The third-order valence-corrected chi connectivity index (χ3v) is 2.66. The first-order valence-electron chi connectivity index (χ1n) is 5.67. The Morgan fingerprint density at radius 3 is 2.62 bits per heavy atom. The maximum atomic E-state index is 3.72. The van der Waals surface area contributed by atoms with E-state index >= 15 is 0 Å². The zero-order valence-electron chi connectivity index (χ0n) is 9.39. The molecule has 0 atom stereocenters. The van der Waals surface area contributed by atoms with Crippen LogP contribution in [0, 0.1) is 0 Å². The second-order valence-electron chi connectivity index (χ2n) is 3.84. The molecule has 0 nitrogen and oxygen atoms in total. The zero-order chi connectivity index (χ0) is 11.2. The molecule has 0 saturated heterocycles. The van der Waals surface area contributed by atoms with Gasteiger partial charge in [-0.1, -0.05) is 60.7 Å². The van der Waals surface area contributed by atoms with Crippen molar-refractivity contribution < 1.29 is 0 Å². The van der Waals surface area contributed by atoms with Crippen LogP contribution in [0.15, 0.2) is 61.2 Å². The maximum absolute atomic E-state index is 3.72. The summed E-state index contributed by atoms with van der Waals surface area (Å²) < 4.78 is 0. The predicted molar refractivity (Wildman–Crippen MR) is 72.4 cm³/mol. The molecule has 0 heteroatoms. The van der Waals surface area contributed by atoms with Crippen LogP contribution in [0.2, 0.25) is 0 Å². The van der Waals surface area contributed by atoms with Crippen molar-refractivity contribution in [3.05, 3.63) is 66.8 Å². The van der Waals surface area contributed by atoms with Crippen LogP contribution in [-0.4, -0.2) is 0 Å². The van der Waals surface area contributed by atoms with Crippen LogP contribution in [0.25, 0.3) is 16.8 Å². The van der Waals surface area contributed by atoms with Gasteiger partial charge in [-0.05, 0) is 29.2 Å². The smallest absolute Gasteiger partial charge is 0.0112 e. The van der Waals surface area contributed by atoms with E-state index in [1.54, 1.807) is 0 Å². The second-order valence-corrected chi connectivity index (χ2v) is 3.84. The molecule has 0 aromatic heterocycles. The van der Waals surface area contributed by atoms with Gasteiger partial charge in [-0.2, -0.15) is 0 Å². The Balaban J connectivity index is 2.30. The summed E-state index contributed by atoms with van der Waals surface area (Å²) in [6.45, 7) is 3.72. The molecule has 0 unspecified atom stereocenters. The summed E-state index contributed by atoms with van der Waals surface area (Å²) in [5, 5.41) is 2.62. The van der Waals surface area contributed by atoms with Crippen LogP contribution in [0.3, 0.4) is 0 Å². The zero-order valence-corrected chi connectivity index (χ0v) is 9.39. The van der Waals surface area contributed by atoms with Crippen LogP contribution in [-0.2, 0) is 0 Å². The van der Waals surface area contributed by atoms with E-state index in [1.165, 1.54) is 16.3 Å².